The second-order valence-electron chi connectivity index (χ2n) is 21.0. The van der Waals surface area contributed by atoms with Gasteiger partial charge in [-0.3, -0.25) is 0 Å². The maximum absolute atomic E-state index is 2.48. The van der Waals surface area contributed by atoms with Crippen LogP contribution in [-0.4, -0.2) is 0 Å². The number of anilines is 3. The highest BCUT2D eigenvalue weighted by Crippen LogP contribution is 2.66. The molecule has 6 aliphatic carbocycles. The summed E-state index contributed by atoms with van der Waals surface area (Å²) >= 11 is 0. The highest BCUT2D eigenvalue weighted by Gasteiger charge is 2.53. The summed E-state index contributed by atoms with van der Waals surface area (Å²) in [5, 5.41) is 0. The van der Waals surface area contributed by atoms with Crippen LogP contribution in [-0.2, 0) is 0 Å². The standard InChI is InChI=1S/C61H59N/c1-38-48-12-6-9-42(57(48)52-37-51(38)52)24-15-39-18-27-45(28-19-39)62(46-29-20-40(21-30-46)16-25-43-10-7-13-49-53-33-35-55(58(43)49)60(53,2)3)47-31-22-41(23-32-47)17-26-44-11-8-14-50-54-34-36-56(59(44)50)61(54,4)5/h6-32,38,51-56H,33-37H2,1-5H3/b24-15+,25-16+,26-17+. The fraction of sp³-hybridized carbons (Fsp3) is 0.311. The molecule has 0 saturated heterocycles. The number of hydrogen-bond donors (Lipinski definition) is 0. The molecule has 12 rings (SSSR count). The molecule has 62 heavy (non-hydrogen) atoms. The zero-order valence-electron chi connectivity index (χ0n) is 37.1. The van der Waals surface area contributed by atoms with Gasteiger partial charge in [0.05, 0.1) is 0 Å². The van der Waals surface area contributed by atoms with Crippen molar-refractivity contribution in [3.8, 4) is 0 Å². The zero-order chi connectivity index (χ0) is 41.9. The lowest BCUT2D eigenvalue weighted by Gasteiger charge is -2.26. The van der Waals surface area contributed by atoms with E-state index >= 15 is 0 Å². The van der Waals surface area contributed by atoms with Crippen LogP contribution in [0.25, 0.3) is 36.5 Å². The Labute approximate surface area is 369 Å². The van der Waals surface area contributed by atoms with Crippen molar-refractivity contribution in [3.63, 3.8) is 0 Å². The summed E-state index contributed by atoms with van der Waals surface area (Å²) < 4.78 is 0. The third-order valence-corrected chi connectivity index (χ3v) is 17.2. The molecule has 0 spiro atoms. The van der Waals surface area contributed by atoms with E-state index in [2.05, 4.69) is 203 Å². The Morgan fingerprint density at radius 1 is 0.419 bits per heavy atom. The molecule has 0 aliphatic heterocycles. The van der Waals surface area contributed by atoms with Crippen molar-refractivity contribution in [2.75, 3.05) is 4.90 Å². The molecule has 1 heteroatoms. The summed E-state index contributed by atoms with van der Waals surface area (Å²) in [5.41, 5.74) is 21.6. The van der Waals surface area contributed by atoms with E-state index in [1.807, 2.05) is 0 Å². The van der Waals surface area contributed by atoms with E-state index in [-0.39, 0.29) is 0 Å². The molecule has 7 atom stereocenters. The van der Waals surface area contributed by atoms with Crippen LogP contribution in [0.15, 0.2) is 127 Å². The van der Waals surface area contributed by atoms with Crippen LogP contribution in [0.5, 0.6) is 0 Å². The molecular weight excluding hydrogens is 747 g/mol. The van der Waals surface area contributed by atoms with Crippen LogP contribution < -0.4 is 4.90 Å². The van der Waals surface area contributed by atoms with Crippen molar-refractivity contribution in [2.45, 2.75) is 102 Å². The van der Waals surface area contributed by atoms with Gasteiger partial charge in [-0.25, -0.2) is 0 Å². The van der Waals surface area contributed by atoms with E-state index in [0.717, 1.165) is 28.9 Å². The Morgan fingerprint density at radius 3 is 1.21 bits per heavy atom. The maximum Gasteiger partial charge on any atom is 0.0462 e. The lowest BCUT2D eigenvalue weighted by Crippen LogP contribution is -2.14. The number of rotatable bonds is 9. The fourth-order valence-electron chi connectivity index (χ4n) is 13.8. The second kappa shape index (κ2) is 14.2. The van der Waals surface area contributed by atoms with Crippen molar-refractivity contribution in [3.05, 3.63) is 194 Å². The summed E-state index contributed by atoms with van der Waals surface area (Å²) in [6.07, 6.45) is 20.7. The van der Waals surface area contributed by atoms with Gasteiger partial charge >= 0.3 is 0 Å². The highest BCUT2D eigenvalue weighted by molar-refractivity contribution is 5.82. The normalized spacial score (nSPS) is 26.4. The average molecular weight is 806 g/mol. The smallest absolute Gasteiger partial charge is 0.0462 e. The van der Waals surface area contributed by atoms with Crippen LogP contribution in [0.2, 0.25) is 0 Å². The van der Waals surface area contributed by atoms with Gasteiger partial charge < -0.3 is 4.90 Å². The minimum Gasteiger partial charge on any atom is -0.311 e. The number of hydrogen-bond acceptors (Lipinski definition) is 1. The van der Waals surface area contributed by atoms with Gasteiger partial charge in [-0.15, -0.1) is 0 Å². The largest absolute Gasteiger partial charge is 0.311 e. The molecule has 6 aromatic carbocycles. The summed E-state index contributed by atoms with van der Waals surface area (Å²) in [5.74, 6) is 5.05. The summed E-state index contributed by atoms with van der Waals surface area (Å²) in [4.78, 5) is 2.40. The Bertz CT molecular complexity index is 2680. The van der Waals surface area contributed by atoms with Crippen molar-refractivity contribution in [1.82, 2.24) is 0 Å². The SMILES string of the molecule is CC1c2cccc(/C=C/c3ccc(N(c4ccc(/C=C/c5cccc6c5C5CCC6C5(C)C)cc4)c4ccc(/C=C/c5cccc6c5C5CCC6C5(C)C)cc4)cc3)c2C2CC12. The Morgan fingerprint density at radius 2 is 0.790 bits per heavy atom. The Hall–Kier alpha value is -5.66. The summed E-state index contributed by atoms with van der Waals surface area (Å²) in [7, 11) is 0. The van der Waals surface area contributed by atoms with Gasteiger partial charge in [0.25, 0.3) is 0 Å². The van der Waals surface area contributed by atoms with E-state index in [1.54, 1.807) is 33.4 Å². The number of fused-ring (bicyclic) bond motifs is 13. The Kier molecular flexibility index (Phi) is 8.70. The molecule has 308 valence electrons. The molecule has 4 bridgehead atoms. The van der Waals surface area contributed by atoms with Gasteiger partial charge in [0.2, 0.25) is 0 Å². The van der Waals surface area contributed by atoms with Crippen molar-refractivity contribution in [2.24, 2.45) is 16.7 Å². The van der Waals surface area contributed by atoms with Gasteiger partial charge in [-0.05, 0) is 188 Å². The van der Waals surface area contributed by atoms with E-state index < -0.39 is 0 Å². The van der Waals surface area contributed by atoms with Crippen LogP contribution >= 0.6 is 0 Å². The van der Waals surface area contributed by atoms with E-state index in [9.17, 15) is 0 Å². The first-order valence-corrected chi connectivity index (χ1v) is 23.7. The fourth-order valence-corrected chi connectivity index (χ4v) is 13.8. The molecule has 1 nitrogen and oxygen atoms in total. The quantitative estimate of drug-likeness (QED) is 0.132. The number of nitrogens with zero attached hydrogens (tertiary/aromatic N) is 1. The summed E-state index contributed by atoms with van der Waals surface area (Å²) in [6.45, 7) is 12.4. The molecule has 7 unspecified atom stereocenters. The van der Waals surface area contributed by atoms with Gasteiger partial charge in [0.1, 0.15) is 0 Å². The van der Waals surface area contributed by atoms with Gasteiger partial charge in [-0.2, -0.15) is 0 Å². The molecule has 3 fully saturated rings. The molecule has 3 saturated carbocycles. The molecule has 0 radical (unpaired) electrons. The predicted octanol–water partition coefficient (Wildman–Crippen LogP) is 16.9. The van der Waals surface area contributed by atoms with Gasteiger partial charge in [0, 0.05) is 17.1 Å². The third kappa shape index (κ3) is 5.94. The minimum absolute atomic E-state index is 0.361. The first kappa shape index (κ1) is 38.0. The lowest BCUT2D eigenvalue weighted by atomic mass is 9.80. The first-order chi connectivity index (χ1) is 30.1. The maximum atomic E-state index is 2.48. The van der Waals surface area contributed by atoms with E-state index in [4.69, 9.17) is 0 Å². The van der Waals surface area contributed by atoms with Crippen molar-refractivity contribution in [1.29, 1.82) is 0 Å². The monoisotopic (exact) mass is 805 g/mol. The number of benzene rings is 6. The molecular formula is C61H59N. The van der Waals surface area contributed by atoms with Gasteiger partial charge in [-0.1, -0.05) is 162 Å². The van der Waals surface area contributed by atoms with Crippen LogP contribution in [0, 0.1) is 16.7 Å². The van der Waals surface area contributed by atoms with Crippen LogP contribution in [0.4, 0.5) is 17.1 Å². The lowest BCUT2D eigenvalue weighted by molar-refractivity contribution is 0.325. The third-order valence-electron chi connectivity index (χ3n) is 17.2. The van der Waals surface area contributed by atoms with Crippen molar-refractivity contribution >= 4 is 53.5 Å². The topological polar surface area (TPSA) is 3.24 Å². The molecule has 0 amide bonds. The van der Waals surface area contributed by atoms with E-state index in [1.165, 1.54) is 65.5 Å². The Balaban J connectivity index is 0.837. The highest BCUT2D eigenvalue weighted by atomic mass is 15.1. The van der Waals surface area contributed by atoms with E-state index in [0.29, 0.717) is 40.4 Å². The van der Waals surface area contributed by atoms with Crippen LogP contribution in [0.1, 0.15) is 169 Å². The molecule has 0 aromatic heterocycles. The first-order valence-electron chi connectivity index (χ1n) is 23.7. The van der Waals surface area contributed by atoms with Crippen molar-refractivity contribution < 1.29 is 0 Å². The molecule has 6 aromatic rings. The van der Waals surface area contributed by atoms with Crippen LogP contribution in [0.3, 0.4) is 0 Å². The molecule has 6 aliphatic rings. The molecule has 0 N–H and O–H groups in total. The zero-order valence-corrected chi connectivity index (χ0v) is 37.1. The molecule has 0 heterocycles. The average Bonchev–Trinajstić information content (AvgIpc) is 3.68. The van der Waals surface area contributed by atoms with Gasteiger partial charge in [0.15, 0.2) is 0 Å². The second-order valence-corrected chi connectivity index (χ2v) is 21.0. The summed E-state index contributed by atoms with van der Waals surface area (Å²) in [6, 6.07) is 48.3. The minimum atomic E-state index is 0.361. The predicted molar refractivity (Wildman–Crippen MR) is 263 cm³/mol.